The summed E-state index contributed by atoms with van der Waals surface area (Å²) in [5, 5.41) is 0. The minimum atomic E-state index is -3.45. The van der Waals surface area contributed by atoms with Gasteiger partial charge in [0.15, 0.2) is 0 Å². The van der Waals surface area contributed by atoms with Crippen molar-refractivity contribution in [3.8, 4) is 0 Å². The summed E-state index contributed by atoms with van der Waals surface area (Å²) in [5.74, 6) is 0.950. The van der Waals surface area contributed by atoms with Crippen molar-refractivity contribution in [1.29, 1.82) is 0 Å². The first kappa shape index (κ1) is 16.0. The standard InChI is InChI=1S/C15H22BrNO2S/c1-10-5-4-6-14(12(10)3)17-20(18,19)15-9-13(16)8-7-11(15)2/h7-10,12,14,17H,4-6H2,1-3H3. The predicted molar refractivity (Wildman–Crippen MR) is 85.2 cm³/mol. The zero-order chi connectivity index (χ0) is 14.9. The minimum absolute atomic E-state index is 0.0436. The highest BCUT2D eigenvalue weighted by Crippen LogP contribution is 2.31. The van der Waals surface area contributed by atoms with Gasteiger partial charge in [-0.05, 0) is 42.9 Å². The van der Waals surface area contributed by atoms with Crippen molar-refractivity contribution in [2.24, 2.45) is 11.8 Å². The number of benzene rings is 1. The molecule has 112 valence electrons. The fourth-order valence-corrected chi connectivity index (χ4v) is 5.02. The van der Waals surface area contributed by atoms with Crippen molar-refractivity contribution in [1.82, 2.24) is 4.72 Å². The molecule has 0 heterocycles. The molecule has 0 saturated heterocycles. The average Bonchev–Trinajstić information content (AvgIpc) is 2.37. The van der Waals surface area contributed by atoms with E-state index < -0.39 is 10.0 Å². The van der Waals surface area contributed by atoms with Crippen LogP contribution in [0.3, 0.4) is 0 Å². The summed E-state index contributed by atoms with van der Waals surface area (Å²) in [4.78, 5) is 0.373. The van der Waals surface area contributed by atoms with Crippen LogP contribution in [0, 0.1) is 18.8 Å². The van der Waals surface area contributed by atoms with Gasteiger partial charge < -0.3 is 0 Å². The highest BCUT2D eigenvalue weighted by molar-refractivity contribution is 9.10. The summed E-state index contributed by atoms with van der Waals surface area (Å²) >= 11 is 3.34. The van der Waals surface area contributed by atoms with Gasteiger partial charge in [-0.2, -0.15) is 0 Å². The van der Waals surface area contributed by atoms with Crippen LogP contribution >= 0.6 is 15.9 Å². The Labute approximate surface area is 130 Å². The molecule has 0 radical (unpaired) electrons. The van der Waals surface area contributed by atoms with Crippen molar-refractivity contribution in [2.45, 2.75) is 51.0 Å². The predicted octanol–water partition coefficient (Wildman–Crippen LogP) is 3.86. The van der Waals surface area contributed by atoms with Crippen LogP contribution in [0.1, 0.15) is 38.7 Å². The number of hydrogen-bond acceptors (Lipinski definition) is 2. The molecule has 1 aliphatic carbocycles. The number of sulfonamides is 1. The van der Waals surface area contributed by atoms with Crippen molar-refractivity contribution in [3.05, 3.63) is 28.2 Å². The number of nitrogens with one attached hydrogen (secondary N) is 1. The third-order valence-electron chi connectivity index (χ3n) is 4.45. The topological polar surface area (TPSA) is 46.2 Å². The lowest BCUT2D eigenvalue weighted by Crippen LogP contribution is -2.43. The fourth-order valence-electron chi connectivity index (χ4n) is 2.87. The SMILES string of the molecule is Cc1ccc(Br)cc1S(=O)(=O)NC1CCCC(C)C1C. The molecule has 0 bridgehead atoms. The normalized spacial score (nSPS) is 27.5. The van der Waals surface area contributed by atoms with Crippen LogP contribution in [0.15, 0.2) is 27.6 Å². The largest absolute Gasteiger partial charge is 0.241 e. The lowest BCUT2D eigenvalue weighted by molar-refractivity contribution is 0.227. The van der Waals surface area contributed by atoms with Crippen LogP contribution < -0.4 is 4.72 Å². The van der Waals surface area contributed by atoms with E-state index in [1.807, 2.05) is 19.1 Å². The third-order valence-corrected chi connectivity index (χ3v) is 6.58. The Kier molecular flexibility index (Phi) is 4.92. The van der Waals surface area contributed by atoms with Crippen LogP contribution in [-0.4, -0.2) is 14.5 Å². The van der Waals surface area contributed by atoms with Gasteiger partial charge in [0.25, 0.3) is 0 Å². The number of halogens is 1. The summed E-state index contributed by atoms with van der Waals surface area (Å²) in [6, 6.07) is 5.40. The number of aryl methyl sites for hydroxylation is 1. The van der Waals surface area contributed by atoms with Crippen molar-refractivity contribution < 1.29 is 8.42 Å². The molecular weight excluding hydrogens is 338 g/mol. The van der Waals surface area contributed by atoms with Crippen LogP contribution in [0.2, 0.25) is 0 Å². The second-order valence-corrected chi connectivity index (χ2v) is 8.50. The van der Waals surface area contributed by atoms with Crippen LogP contribution in [-0.2, 0) is 10.0 Å². The molecule has 5 heteroatoms. The average molecular weight is 360 g/mol. The molecule has 3 unspecified atom stereocenters. The van der Waals surface area contributed by atoms with Gasteiger partial charge in [-0.25, -0.2) is 13.1 Å². The summed E-state index contributed by atoms with van der Waals surface area (Å²) in [5.41, 5.74) is 0.775. The van der Waals surface area contributed by atoms with Crippen LogP contribution in [0.25, 0.3) is 0 Å². The zero-order valence-corrected chi connectivity index (χ0v) is 14.6. The van der Waals surface area contributed by atoms with E-state index >= 15 is 0 Å². The maximum absolute atomic E-state index is 12.6. The van der Waals surface area contributed by atoms with Gasteiger partial charge in [0.1, 0.15) is 0 Å². The molecule has 0 aromatic heterocycles. The third kappa shape index (κ3) is 3.43. The molecule has 2 rings (SSSR count). The quantitative estimate of drug-likeness (QED) is 0.890. The van der Waals surface area contributed by atoms with E-state index in [0.29, 0.717) is 16.7 Å². The lowest BCUT2D eigenvalue weighted by atomic mass is 9.78. The Hall–Kier alpha value is -0.390. The molecule has 1 fully saturated rings. The molecule has 3 nitrogen and oxygen atoms in total. The molecule has 0 spiro atoms. The number of hydrogen-bond donors (Lipinski definition) is 1. The Bertz CT molecular complexity index is 586. The molecular formula is C15H22BrNO2S. The first-order chi connectivity index (χ1) is 9.31. The summed E-state index contributed by atoms with van der Waals surface area (Å²) in [6.45, 7) is 6.17. The molecule has 0 aliphatic heterocycles. The highest BCUT2D eigenvalue weighted by atomic mass is 79.9. The summed E-state index contributed by atoms with van der Waals surface area (Å²) < 4.78 is 28.9. The van der Waals surface area contributed by atoms with E-state index in [1.165, 1.54) is 6.42 Å². The van der Waals surface area contributed by atoms with Crippen LogP contribution in [0.5, 0.6) is 0 Å². The van der Waals surface area contributed by atoms with E-state index in [9.17, 15) is 8.42 Å². The van der Waals surface area contributed by atoms with Crippen molar-refractivity contribution in [2.75, 3.05) is 0 Å². The van der Waals surface area contributed by atoms with E-state index in [-0.39, 0.29) is 6.04 Å². The zero-order valence-electron chi connectivity index (χ0n) is 12.2. The number of rotatable bonds is 3. The molecule has 1 aromatic rings. The first-order valence-electron chi connectivity index (χ1n) is 7.10. The Morgan fingerprint density at radius 1 is 1.25 bits per heavy atom. The highest BCUT2D eigenvalue weighted by Gasteiger charge is 2.31. The minimum Gasteiger partial charge on any atom is -0.208 e. The monoisotopic (exact) mass is 359 g/mol. The Morgan fingerprint density at radius 2 is 1.95 bits per heavy atom. The van der Waals surface area contributed by atoms with Crippen molar-refractivity contribution >= 4 is 26.0 Å². The van der Waals surface area contributed by atoms with Gasteiger partial charge in [0, 0.05) is 10.5 Å². The molecule has 1 saturated carbocycles. The van der Waals surface area contributed by atoms with Gasteiger partial charge >= 0.3 is 0 Å². The summed E-state index contributed by atoms with van der Waals surface area (Å²) in [7, 11) is -3.45. The van der Waals surface area contributed by atoms with E-state index in [0.717, 1.165) is 22.9 Å². The van der Waals surface area contributed by atoms with Gasteiger partial charge in [-0.3, -0.25) is 0 Å². The van der Waals surface area contributed by atoms with E-state index in [2.05, 4.69) is 34.5 Å². The van der Waals surface area contributed by atoms with Gasteiger partial charge in [-0.1, -0.05) is 48.7 Å². The summed E-state index contributed by atoms with van der Waals surface area (Å²) in [6.07, 6.45) is 3.21. The molecule has 1 aliphatic rings. The Balaban J connectivity index is 2.25. The molecule has 1 N–H and O–H groups in total. The maximum atomic E-state index is 12.6. The van der Waals surface area contributed by atoms with Gasteiger partial charge in [0.2, 0.25) is 10.0 Å². The van der Waals surface area contributed by atoms with Gasteiger partial charge in [-0.15, -0.1) is 0 Å². The molecule has 0 amide bonds. The molecule has 3 atom stereocenters. The second-order valence-electron chi connectivity index (χ2n) is 5.90. The molecule has 20 heavy (non-hydrogen) atoms. The van der Waals surface area contributed by atoms with Gasteiger partial charge in [0.05, 0.1) is 4.90 Å². The first-order valence-corrected chi connectivity index (χ1v) is 9.37. The fraction of sp³-hybridized carbons (Fsp3) is 0.600. The smallest absolute Gasteiger partial charge is 0.208 e. The molecule has 1 aromatic carbocycles. The van der Waals surface area contributed by atoms with E-state index in [1.54, 1.807) is 6.07 Å². The van der Waals surface area contributed by atoms with Crippen LogP contribution in [0.4, 0.5) is 0 Å². The Morgan fingerprint density at radius 3 is 2.65 bits per heavy atom. The maximum Gasteiger partial charge on any atom is 0.241 e. The van der Waals surface area contributed by atoms with Crippen molar-refractivity contribution in [3.63, 3.8) is 0 Å². The lowest BCUT2D eigenvalue weighted by Gasteiger charge is -2.34. The van der Waals surface area contributed by atoms with E-state index in [4.69, 9.17) is 0 Å². The second kappa shape index (κ2) is 6.16.